The molecule has 0 fully saturated rings. The highest BCUT2D eigenvalue weighted by atomic mass is 16.1. The van der Waals surface area contributed by atoms with Gasteiger partial charge in [0.25, 0.3) is 0 Å². The smallest absolute Gasteiger partial charge is 0.193 e. The fraction of sp³-hybridized carbons (Fsp3) is 0.163. The van der Waals surface area contributed by atoms with E-state index in [2.05, 4.69) is 159 Å². The summed E-state index contributed by atoms with van der Waals surface area (Å²) in [6.07, 6.45) is 5.78. The Balaban J connectivity index is 1.16. The van der Waals surface area contributed by atoms with Gasteiger partial charge in [0.15, 0.2) is 5.78 Å². The molecule has 0 amide bonds. The normalized spacial score (nSPS) is 12.2. The van der Waals surface area contributed by atoms with Crippen LogP contribution in [0.4, 0.5) is 0 Å². The molecule has 0 spiro atoms. The van der Waals surface area contributed by atoms with Crippen LogP contribution in [0.1, 0.15) is 65.8 Å². The van der Waals surface area contributed by atoms with Crippen LogP contribution in [-0.4, -0.2) is 18.9 Å². The van der Waals surface area contributed by atoms with E-state index in [9.17, 15) is 4.79 Å². The molecule has 3 heteroatoms. The predicted molar refractivity (Wildman–Crippen MR) is 221 cm³/mol. The summed E-state index contributed by atoms with van der Waals surface area (Å²) in [4.78, 5) is 13.6. The molecule has 3 nitrogen and oxygen atoms in total. The predicted octanol–water partition coefficient (Wildman–Crippen LogP) is 12.0. The van der Waals surface area contributed by atoms with Gasteiger partial charge in [-0.3, -0.25) is 4.79 Å². The van der Waals surface area contributed by atoms with Gasteiger partial charge in [-0.2, -0.15) is 0 Å². The number of ketones is 1. The van der Waals surface area contributed by atoms with Gasteiger partial charge >= 0.3 is 0 Å². The van der Waals surface area contributed by atoms with E-state index in [0.29, 0.717) is 11.1 Å². The van der Waals surface area contributed by atoms with Crippen LogP contribution in [-0.2, 0) is 0 Å². The first-order valence-electron chi connectivity index (χ1n) is 18.3. The molecule has 2 N–H and O–H groups in total. The minimum atomic E-state index is 0.0116. The molecule has 6 aromatic rings. The van der Waals surface area contributed by atoms with Gasteiger partial charge in [-0.1, -0.05) is 158 Å². The Kier molecular flexibility index (Phi) is 12.2. The molecular formula is C49H48N2O. The third-order valence-electron chi connectivity index (χ3n) is 9.81. The lowest BCUT2D eigenvalue weighted by Gasteiger charge is -2.15. The standard InChI is InChI=1S/C49H48N2O/c1-5-7-33-50-35(3)37-17-21-39(22-18-37)45-13-9-11-15-47(45)41-25-29-43(30-26-41)49(52)44-31-27-42(28-32-44)48-16-12-10-14-46(48)40-23-19-38(20-24-40)36(4)51-34-8-6-2/h5-6,9-32,35-36,50-51H,1-2,7-8,33-34H2,3-4H3. The molecule has 2 unspecified atom stereocenters. The summed E-state index contributed by atoms with van der Waals surface area (Å²) in [7, 11) is 0. The van der Waals surface area contributed by atoms with Crippen molar-refractivity contribution in [3.63, 3.8) is 0 Å². The zero-order valence-corrected chi connectivity index (χ0v) is 30.3. The Bertz CT molecular complexity index is 1940. The molecule has 0 aliphatic heterocycles. The van der Waals surface area contributed by atoms with Crippen LogP contribution in [0.25, 0.3) is 44.5 Å². The average molecular weight is 681 g/mol. The topological polar surface area (TPSA) is 41.1 Å². The molecule has 0 aliphatic rings. The zero-order chi connectivity index (χ0) is 36.3. The van der Waals surface area contributed by atoms with E-state index in [1.165, 1.54) is 22.3 Å². The lowest BCUT2D eigenvalue weighted by atomic mass is 9.91. The number of rotatable bonds is 16. The number of benzene rings is 6. The Labute approximate surface area is 309 Å². The molecule has 6 rings (SSSR count). The molecule has 6 aromatic carbocycles. The maximum absolute atomic E-state index is 13.6. The minimum absolute atomic E-state index is 0.0116. The van der Waals surface area contributed by atoms with E-state index < -0.39 is 0 Å². The van der Waals surface area contributed by atoms with Crippen molar-refractivity contribution in [3.05, 3.63) is 193 Å². The summed E-state index contributed by atoms with van der Waals surface area (Å²) < 4.78 is 0. The third-order valence-corrected chi connectivity index (χ3v) is 9.81. The molecule has 52 heavy (non-hydrogen) atoms. The molecule has 0 radical (unpaired) electrons. The van der Waals surface area contributed by atoms with Gasteiger partial charge in [0.1, 0.15) is 0 Å². The van der Waals surface area contributed by atoms with Crippen molar-refractivity contribution >= 4 is 5.78 Å². The second-order valence-corrected chi connectivity index (χ2v) is 13.3. The first-order valence-corrected chi connectivity index (χ1v) is 18.3. The van der Waals surface area contributed by atoms with E-state index in [4.69, 9.17) is 0 Å². The fourth-order valence-electron chi connectivity index (χ4n) is 6.68. The van der Waals surface area contributed by atoms with E-state index in [1.807, 2.05) is 36.4 Å². The molecule has 0 bridgehead atoms. The lowest BCUT2D eigenvalue weighted by molar-refractivity contribution is 0.103. The molecule has 0 aliphatic carbocycles. The number of nitrogens with one attached hydrogen (secondary N) is 2. The molecular weight excluding hydrogens is 633 g/mol. The Morgan fingerprint density at radius 1 is 0.481 bits per heavy atom. The summed E-state index contributed by atoms with van der Waals surface area (Å²) in [6, 6.07) is 51.0. The Morgan fingerprint density at radius 3 is 1.06 bits per heavy atom. The van der Waals surface area contributed by atoms with Crippen LogP contribution in [0.5, 0.6) is 0 Å². The zero-order valence-electron chi connectivity index (χ0n) is 30.3. The van der Waals surface area contributed by atoms with Crippen molar-refractivity contribution in [2.45, 2.75) is 38.8 Å². The SMILES string of the molecule is C=CCCNC(C)c1ccc(-c2ccccc2-c2ccc(C(=O)c3ccc(-c4ccccc4-c4ccc(C(C)NCCC=C)cc4)cc3)cc2)cc1. The second-order valence-electron chi connectivity index (χ2n) is 13.3. The number of hydrogen-bond donors (Lipinski definition) is 2. The van der Waals surface area contributed by atoms with E-state index in [1.54, 1.807) is 0 Å². The minimum Gasteiger partial charge on any atom is -0.310 e. The summed E-state index contributed by atoms with van der Waals surface area (Å²) >= 11 is 0. The van der Waals surface area contributed by atoms with Gasteiger partial charge < -0.3 is 10.6 Å². The van der Waals surface area contributed by atoms with Gasteiger partial charge in [0.05, 0.1) is 0 Å². The number of carbonyl (C=O) groups excluding carboxylic acids is 1. The average Bonchev–Trinajstić information content (AvgIpc) is 3.21. The molecule has 0 aromatic heterocycles. The Hall–Kier alpha value is -5.61. The van der Waals surface area contributed by atoms with Crippen molar-refractivity contribution in [1.29, 1.82) is 0 Å². The summed E-state index contributed by atoms with van der Waals surface area (Å²) in [5.74, 6) is 0.0116. The van der Waals surface area contributed by atoms with Crippen molar-refractivity contribution < 1.29 is 4.79 Å². The van der Waals surface area contributed by atoms with Crippen LogP contribution < -0.4 is 10.6 Å². The van der Waals surface area contributed by atoms with Gasteiger partial charge in [-0.05, 0) is 95.4 Å². The van der Waals surface area contributed by atoms with E-state index >= 15 is 0 Å². The monoisotopic (exact) mass is 680 g/mol. The van der Waals surface area contributed by atoms with Gasteiger partial charge in [0.2, 0.25) is 0 Å². The molecule has 2 atom stereocenters. The van der Waals surface area contributed by atoms with Crippen LogP contribution >= 0.6 is 0 Å². The summed E-state index contributed by atoms with van der Waals surface area (Å²) in [5, 5.41) is 7.10. The second kappa shape index (κ2) is 17.5. The van der Waals surface area contributed by atoms with Crippen LogP contribution in [0.15, 0.2) is 171 Å². The largest absolute Gasteiger partial charge is 0.310 e. The highest BCUT2D eigenvalue weighted by Crippen LogP contribution is 2.35. The maximum atomic E-state index is 13.6. The van der Waals surface area contributed by atoms with Gasteiger partial charge in [-0.25, -0.2) is 0 Å². The van der Waals surface area contributed by atoms with Crippen LogP contribution in [0.3, 0.4) is 0 Å². The molecule has 0 heterocycles. The highest BCUT2D eigenvalue weighted by Gasteiger charge is 2.14. The van der Waals surface area contributed by atoms with Crippen LogP contribution in [0.2, 0.25) is 0 Å². The first kappa shape index (κ1) is 36.2. The molecule has 0 saturated carbocycles. The van der Waals surface area contributed by atoms with Crippen LogP contribution in [0, 0.1) is 0 Å². The number of hydrogen-bond acceptors (Lipinski definition) is 3. The molecule has 260 valence electrons. The maximum Gasteiger partial charge on any atom is 0.193 e. The van der Waals surface area contributed by atoms with Gasteiger partial charge in [0, 0.05) is 23.2 Å². The summed E-state index contributed by atoms with van der Waals surface area (Å²) in [5.41, 5.74) is 12.9. The lowest BCUT2D eigenvalue weighted by Crippen LogP contribution is -2.19. The number of carbonyl (C=O) groups is 1. The van der Waals surface area contributed by atoms with E-state index in [-0.39, 0.29) is 17.9 Å². The highest BCUT2D eigenvalue weighted by molar-refractivity contribution is 6.09. The van der Waals surface area contributed by atoms with Crippen molar-refractivity contribution in [2.24, 2.45) is 0 Å². The molecule has 0 saturated heterocycles. The fourth-order valence-corrected chi connectivity index (χ4v) is 6.68. The third kappa shape index (κ3) is 8.63. The van der Waals surface area contributed by atoms with Crippen molar-refractivity contribution in [1.82, 2.24) is 10.6 Å². The van der Waals surface area contributed by atoms with Crippen molar-refractivity contribution in [2.75, 3.05) is 13.1 Å². The van der Waals surface area contributed by atoms with E-state index in [0.717, 1.165) is 59.3 Å². The van der Waals surface area contributed by atoms with Crippen molar-refractivity contribution in [3.8, 4) is 44.5 Å². The first-order chi connectivity index (χ1) is 25.5. The summed E-state index contributed by atoms with van der Waals surface area (Å²) in [6.45, 7) is 13.8. The van der Waals surface area contributed by atoms with Gasteiger partial charge in [-0.15, -0.1) is 13.2 Å². The quantitative estimate of drug-likeness (QED) is 0.0607. The Morgan fingerprint density at radius 2 is 0.769 bits per heavy atom.